The standard InChI is InChI=1S/C18H21NO3/c1-21-16-9-8-13(15(20)12-19-10-3-4-11-19)18-14(16)6-5-7-17(18)22-2/h5-9H,3-4,10-12H2,1-2H3. The van der Waals surface area contributed by atoms with Crippen LogP contribution in [0.5, 0.6) is 11.5 Å². The van der Waals surface area contributed by atoms with E-state index in [1.807, 2.05) is 30.3 Å². The highest BCUT2D eigenvalue weighted by molar-refractivity contribution is 6.12. The van der Waals surface area contributed by atoms with Gasteiger partial charge in [0.15, 0.2) is 5.78 Å². The molecule has 0 N–H and O–H groups in total. The predicted molar refractivity (Wildman–Crippen MR) is 87.1 cm³/mol. The SMILES string of the molecule is COc1ccc(C(=O)CN2CCCC2)c2c(OC)cccc12. The van der Waals surface area contributed by atoms with Crippen molar-refractivity contribution < 1.29 is 14.3 Å². The van der Waals surface area contributed by atoms with Crippen LogP contribution >= 0.6 is 0 Å². The molecule has 0 saturated carbocycles. The van der Waals surface area contributed by atoms with Gasteiger partial charge in [-0.05, 0) is 44.1 Å². The number of fused-ring (bicyclic) bond motifs is 1. The van der Waals surface area contributed by atoms with Crippen LogP contribution in [-0.2, 0) is 0 Å². The number of hydrogen-bond donors (Lipinski definition) is 0. The number of benzene rings is 2. The van der Waals surface area contributed by atoms with Crippen molar-refractivity contribution in [2.45, 2.75) is 12.8 Å². The summed E-state index contributed by atoms with van der Waals surface area (Å²) in [6.07, 6.45) is 2.36. The lowest BCUT2D eigenvalue weighted by molar-refractivity contribution is 0.0947. The zero-order chi connectivity index (χ0) is 15.5. The van der Waals surface area contributed by atoms with Crippen LogP contribution in [0.15, 0.2) is 30.3 Å². The monoisotopic (exact) mass is 299 g/mol. The number of carbonyl (C=O) groups is 1. The van der Waals surface area contributed by atoms with E-state index >= 15 is 0 Å². The quantitative estimate of drug-likeness (QED) is 0.795. The van der Waals surface area contributed by atoms with Crippen LogP contribution in [0.2, 0.25) is 0 Å². The van der Waals surface area contributed by atoms with Crippen LogP contribution in [-0.4, -0.2) is 44.5 Å². The molecule has 0 unspecified atom stereocenters. The van der Waals surface area contributed by atoms with Gasteiger partial charge in [-0.3, -0.25) is 9.69 Å². The molecule has 0 bridgehead atoms. The second-order valence-corrected chi connectivity index (χ2v) is 5.60. The fourth-order valence-corrected chi connectivity index (χ4v) is 3.16. The van der Waals surface area contributed by atoms with Crippen molar-refractivity contribution in [1.29, 1.82) is 0 Å². The van der Waals surface area contributed by atoms with Crippen LogP contribution in [0.4, 0.5) is 0 Å². The van der Waals surface area contributed by atoms with Crippen molar-refractivity contribution in [2.24, 2.45) is 0 Å². The second kappa shape index (κ2) is 6.36. The number of Topliss-reactive ketones (excluding diaryl/α,β-unsaturated/α-hetero) is 1. The molecule has 4 heteroatoms. The number of ether oxygens (including phenoxy) is 2. The van der Waals surface area contributed by atoms with Gasteiger partial charge >= 0.3 is 0 Å². The number of carbonyl (C=O) groups excluding carboxylic acids is 1. The zero-order valence-corrected chi connectivity index (χ0v) is 13.1. The van der Waals surface area contributed by atoms with E-state index in [2.05, 4.69) is 4.90 Å². The summed E-state index contributed by atoms with van der Waals surface area (Å²) < 4.78 is 10.9. The average molecular weight is 299 g/mol. The molecule has 2 aromatic carbocycles. The molecule has 0 aromatic heterocycles. The van der Waals surface area contributed by atoms with Crippen molar-refractivity contribution in [1.82, 2.24) is 4.90 Å². The van der Waals surface area contributed by atoms with Gasteiger partial charge in [-0.15, -0.1) is 0 Å². The van der Waals surface area contributed by atoms with E-state index in [0.717, 1.165) is 29.6 Å². The molecular formula is C18H21NO3. The summed E-state index contributed by atoms with van der Waals surface area (Å²) in [5.74, 6) is 1.60. The van der Waals surface area contributed by atoms with Gasteiger partial charge < -0.3 is 9.47 Å². The van der Waals surface area contributed by atoms with Gasteiger partial charge in [0.05, 0.1) is 20.8 Å². The third-order valence-electron chi connectivity index (χ3n) is 4.27. The molecule has 0 spiro atoms. The summed E-state index contributed by atoms with van der Waals surface area (Å²) in [4.78, 5) is 15.0. The minimum absolute atomic E-state index is 0.138. The number of hydrogen-bond acceptors (Lipinski definition) is 4. The first-order valence-corrected chi connectivity index (χ1v) is 7.64. The van der Waals surface area contributed by atoms with Gasteiger partial charge in [-0.2, -0.15) is 0 Å². The van der Waals surface area contributed by atoms with Crippen molar-refractivity contribution in [2.75, 3.05) is 33.9 Å². The number of rotatable bonds is 5. The normalized spacial score (nSPS) is 15.2. The Morgan fingerprint density at radius 3 is 2.45 bits per heavy atom. The molecule has 2 aromatic rings. The summed E-state index contributed by atoms with van der Waals surface area (Å²) in [5.41, 5.74) is 0.708. The van der Waals surface area contributed by atoms with Crippen LogP contribution in [0, 0.1) is 0 Å². The van der Waals surface area contributed by atoms with Gasteiger partial charge in [-0.1, -0.05) is 12.1 Å². The maximum absolute atomic E-state index is 12.7. The van der Waals surface area contributed by atoms with E-state index in [1.54, 1.807) is 14.2 Å². The lowest BCUT2D eigenvalue weighted by Crippen LogP contribution is -2.27. The molecule has 0 atom stereocenters. The van der Waals surface area contributed by atoms with Crippen LogP contribution in [0.3, 0.4) is 0 Å². The zero-order valence-electron chi connectivity index (χ0n) is 13.1. The highest BCUT2D eigenvalue weighted by Crippen LogP contribution is 2.35. The molecule has 4 nitrogen and oxygen atoms in total. The van der Waals surface area contributed by atoms with E-state index in [1.165, 1.54) is 12.8 Å². The molecule has 116 valence electrons. The number of ketones is 1. The molecular weight excluding hydrogens is 278 g/mol. The summed E-state index contributed by atoms with van der Waals surface area (Å²) in [6.45, 7) is 2.49. The Hall–Kier alpha value is -2.07. The molecule has 1 fully saturated rings. The minimum Gasteiger partial charge on any atom is -0.496 e. The fraction of sp³-hybridized carbons (Fsp3) is 0.389. The Morgan fingerprint density at radius 1 is 1.05 bits per heavy atom. The molecule has 0 aliphatic carbocycles. The van der Waals surface area contributed by atoms with Gasteiger partial charge in [0, 0.05) is 16.3 Å². The van der Waals surface area contributed by atoms with Crippen molar-refractivity contribution in [3.63, 3.8) is 0 Å². The summed E-state index contributed by atoms with van der Waals surface area (Å²) >= 11 is 0. The van der Waals surface area contributed by atoms with Crippen molar-refractivity contribution >= 4 is 16.6 Å². The van der Waals surface area contributed by atoms with Crippen LogP contribution in [0.1, 0.15) is 23.2 Å². The molecule has 3 rings (SSSR count). The molecule has 1 heterocycles. The van der Waals surface area contributed by atoms with Crippen LogP contribution < -0.4 is 9.47 Å². The predicted octanol–water partition coefficient (Wildman–Crippen LogP) is 3.14. The van der Waals surface area contributed by atoms with Crippen molar-refractivity contribution in [3.05, 3.63) is 35.9 Å². The Balaban J connectivity index is 2.06. The first-order chi connectivity index (χ1) is 10.7. The van der Waals surface area contributed by atoms with Gasteiger partial charge in [0.1, 0.15) is 11.5 Å². The largest absolute Gasteiger partial charge is 0.496 e. The Kier molecular flexibility index (Phi) is 4.29. The van der Waals surface area contributed by atoms with Gasteiger partial charge in [-0.25, -0.2) is 0 Å². The highest BCUT2D eigenvalue weighted by Gasteiger charge is 2.20. The van der Waals surface area contributed by atoms with E-state index in [9.17, 15) is 4.79 Å². The van der Waals surface area contributed by atoms with E-state index in [4.69, 9.17) is 9.47 Å². The maximum atomic E-state index is 12.7. The van der Waals surface area contributed by atoms with Gasteiger partial charge in [0.25, 0.3) is 0 Å². The van der Waals surface area contributed by atoms with Crippen molar-refractivity contribution in [3.8, 4) is 11.5 Å². The van der Waals surface area contributed by atoms with Crippen LogP contribution in [0.25, 0.3) is 10.8 Å². The molecule has 1 aliphatic rings. The molecule has 1 saturated heterocycles. The first-order valence-electron chi connectivity index (χ1n) is 7.64. The number of methoxy groups -OCH3 is 2. The molecule has 0 amide bonds. The Morgan fingerprint density at radius 2 is 1.77 bits per heavy atom. The second-order valence-electron chi connectivity index (χ2n) is 5.60. The summed E-state index contributed by atoms with van der Waals surface area (Å²) in [7, 11) is 3.27. The molecule has 1 aliphatic heterocycles. The topological polar surface area (TPSA) is 38.8 Å². The molecule has 22 heavy (non-hydrogen) atoms. The average Bonchev–Trinajstić information content (AvgIpc) is 3.06. The summed E-state index contributed by atoms with van der Waals surface area (Å²) in [6, 6.07) is 9.47. The third-order valence-corrected chi connectivity index (χ3v) is 4.27. The molecule has 0 radical (unpaired) electrons. The summed E-state index contributed by atoms with van der Waals surface area (Å²) in [5, 5.41) is 1.75. The maximum Gasteiger partial charge on any atom is 0.177 e. The van der Waals surface area contributed by atoms with E-state index < -0.39 is 0 Å². The lowest BCUT2D eigenvalue weighted by Gasteiger charge is -2.16. The minimum atomic E-state index is 0.138. The Bertz CT molecular complexity index is 690. The number of nitrogens with zero attached hydrogens (tertiary/aromatic N) is 1. The smallest absolute Gasteiger partial charge is 0.177 e. The number of likely N-dealkylation sites (tertiary alicyclic amines) is 1. The van der Waals surface area contributed by atoms with E-state index in [-0.39, 0.29) is 5.78 Å². The fourth-order valence-electron chi connectivity index (χ4n) is 3.16. The van der Waals surface area contributed by atoms with E-state index in [0.29, 0.717) is 17.9 Å². The third kappa shape index (κ3) is 2.66. The Labute approximate surface area is 130 Å². The highest BCUT2D eigenvalue weighted by atomic mass is 16.5. The van der Waals surface area contributed by atoms with Gasteiger partial charge in [0.2, 0.25) is 0 Å². The lowest BCUT2D eigenvalue weighted by atomic mass is 9.99. The first kappa shape index (κ1) is 14.9.